The summed E-state index contributed by atoms with van der Waals surface area (Å²) >= 11 is 1.61. The Morgan fingerprint density at radius 2 is 2.20 bits per heavy atom. The normalized spacial score (nSPS) is 11.8. The second-order valence-corrected chi connectivity index (χ2v) is 5.08. The van der Waals surface area contributed by atoms with E-state index in [0.717, 1.165) is 5.75 Å². The van der Waals surface area contributed by atoms with Gasteiger partial charge in [0.1, 0.15) is 5.75 Å². The van der Waals surface area contributed by atoms with Crippen LogP contribution in [0.3, 0.4) is 0 Å². The summed E-state index contributed by atoms with van der Waals surface area (Å²) in [5.74, 6) is -0.268. The minimum atomic E-state index is -1.07. The molecule has 1 aromatic rings. The summed E-state index contributed by atoms with van der Waals surface area (Å²) in [4.78, 5) is 22.9. The van der Waals surface area contributed by atoms with Crippen molar-refractivity contribution in [3.05, 3.63) is 23.8 Å². The lowest BCUT2D eigenvalue weighted by Crippen LogP contribution is -2.36. The van der Waals surface area contributed by atoms with E-state index in [9.17, 15) is 9.59 Å². The number of carbonyl (C=O) groups excluding carboxylic acids is 1. The van der Waals surface area contributed by atoms with Crippen molar-refractivity contribution in [1.29, 1.82) is 0 Å². The molecule has 0 saturated carbocycles. The molecule has 0 aliphatic carbocycles. The topological polar surface area (TPSA) is 102 Å². The molecule has 1 rings (SSSR count). The average molecular weight is 298 g/mol. The molecule has 0 aliphatic heterocycles. The number of hydrogen-bond acceptors (Lipinski definition) is 5. The number of amides is 1. The molecule has 110 valence electrons. The van der Waals surface area contributed by atoms with Gasteiger partial charge in [0.2, 0.25) is 5.91 Å². The van der Waals surface area contributed by atoms with Crippen LogP contribution in [0, 0.1) is 0 Å². The fraction of sp³-hybridized carbons (Fsp3) is 0.385. The highest BCUT2D eigenvalue weighted by Crippen LogP contribution is 2.25. The maximum Gasteiger partial charge on any atom is 0.335 e. The third kappa shape index (κ3) is 4.43. The van der Waals surface area contributed by atoms with E-state index in [0.29, 0.717) is 17.9 Å². The number of anilines is 1. The molecule has 0 spiro atoms. The van der Waals surface area contributed by atoms with Gasteiger partial charge in [-0.05, 0) is 36.6 Å². The maximum atomic E-state index is 11.9. The van der Waals surface area contributed by atoms with Gasteiger partial charge in [0.25, 0.3) is 0 Å². The molecule has 0 aromatic heterocycles. The van der Waals surface area contributed by atoms with Crippen LogP contribution in [0.2, 0.25) is 0 Å². The maximum absolute atomic E-state index is 11.9. The molecule has 0 saturated heterocycles. The van der Waals surface area contributed by atoms with Crippen LogP contribution >= 0.6 is 11.8 Å². The Morgan fingerprint density at radius 3 is 2.75 bits per heavy atom. The fourth-order valence-corrected chi connectivity index (χ4v) is 2.03. The number of rotatable bonds is 7. The van der Waals surface area contributed by atoms with E-state index in [1.54, 1.807) is 11.8 Å². The molecular weight excluding hydrogens is 280 g/mol. The lowest BCUT2D eigenvalue weighted by atomic mass is 10.1. The first-order valence-electron chi connectivity index (χ1n) is 5.96. The predicted molar refractivity (Wildman–Crippen MR) is 79.6 cm³/mol. The molecule has 0 radical (unpaired) electrons. The summed E-state index contributed by atoms with van der Waals surface area (Å²) in [7, 11) is 1.44. The zero-order valence-electron chi connectivity index (χ0n) is 11.4. The second kappa shape index (κ2) is 7.76. The van der Waals surface area contributed by atoms with E-state index in [-0.39, 0.29) is 11.5 Å². The van der Waals surface area contributed by atoms with E-state index in [2.05, 4.69) is 5.32 Å². The van der Waals surface area contributed by atoms with Gasteiger partial charge in [-0.15, -0.1) is 0 Å². The Kier molecular flexibility index (Phi) is 6.33. The van der Waals surface area contributed by atoms with Crippen molar-refractivity contribution in [3.63, 3.8) is 0 Å². The van der Waals surface area contributed by atoms with E-state index < -0.39 is 12.0 Å². The Morgan fingerprint density at radius 1 is 1.50 bits per heavy atom. The van der Waals surface area contributed by atoms with Crippen LogP contribution in [0.15, 0.2) is 18.2 Å². The summed E-state index contributed by atoms with van der Waals surface area (Å²) in [5.41, 5.74) is 6.13. The quantitative estimate of drug-likeness (QED) is 0.703. The van der Waals surface area contributed by atoms with E-state index in [1.165, 1.54) is 25.3 Å². The average Bonchev–Trinajstić information content (AvgIpc) is 2.44. The predicted octanol–water partition coefficient (Wildman–Crippen LogP) is 1.41. The lowest BCUT2D eigenvalue weighted by Gasteiger charge is -2.14. The number of nitrogens with two attached hydrogens (primary N) is 1. The van der Waals surface area contributed by atoms with Crippen LogP contribution in [0.5, 0.6) is 5.75 Å². The minimum absolute atomic E-state index is 0.0683. The minimum Gasteiger partial charge on any atom is -0.495 e. The third-order valence-electron chi connectivity index (χ3n) is 2.67. The number of ether oxygens (including phenoxy) is 1. The largest absolute Gasteiger partial charge is 0.495 e. The molecule has 0 unspecified atom stereocenters. The highest BCUT2D eigenvalue weighted by molar-refractivity contribution is 7.98. The third-order valence-corrected chi connectivity index (χ3v) is 3.32. The first-order chi connectivity index (χ1) is 9.49. The standard InChI is InChI=1S/C13H18N2O4S/c1-19-11-4-3-8(13(17)18)7-10(11)15-12(16)9(14)5-6-20-2/h3-4,7,9H,5-6,14H2,1-2H3,(H,15,16)(H,17,18)/t9-/m0/s1. The van der Waals surface area contributed by atoms with Gasteiger partial charge >= 0.3 is 5.97 Å². The lowest BCUT2D eigenvalue weighted by molar-refractivity contribution is -0.117. The van der Waals surface area contributed by atoms with Crippen LogP contribution in [0.4, 0.5) is 5.69 Å². The first-order valence-corrected chi connectivity index (χ1v) is 7.35. The molecule has 7 heteroatoms. The van der Waals surface area contributed by atoms with Crippen molar-refractivity contribution in [2.75, 3.05) is 24.4 Å². The number of carboxylic acid groups (broad SMARTS) is 1. The van der Waals surface area contributed by atoms with E-state index in [1.807, 2.05) is 6.26 Å². The van der Waals surface area contributed by atoms with Gasteiger partial charge in [-0.1, -0.05) is 0 Å². The Balaban J connectivity index is 2.86. The van der Waals surface area contributed by atoms with Gasteiger partial charge < -0.3 is 20.9 Å². The molecule has 0 bridgehead atoms. The molecule has 6 nitrogen and oxygen atoms in total. The van der Waals surface area contributed by atoms with Crippen molar-refractivity contribution in [2.45, 2.75) is 12.5 Å². The highest BCUT2D eigenvalue weighted by atomic mass is 32.2. The Bertz CT molecular complexity index is 493. The summed E-state index contributed by atoms with van der Waals surface area (Å²) in [6, 6.07) is 3.61. The fourth-order valence-electron chi connectivity index (χ4n) is 1.54. The van der Waals surface area contributed by atoms with Crippen LogP contribution in [-0.2, 0) is 4.79 Å². The number of methoxy groups -OCH3 is 1. The van der Waals surface area contributed by atoms with Crippen LogP contribution < -0.4 is 15.8 Å². The molecule has 0 fully saturated rings. The van der Waals surface area contributed by atoms with Gasteiger partial charge in [-0.3, -0.25) is 4.79 Å². The van der Waals surface area contributed by atoms with Crippen LogP contribution in [0.1, 0.15) is 16.8 Å². The van der Waals surface area contributed by atoms with Gasteiger partial charge in [0, 0.05) is 0 Å². The number of aromatic carboxylic acids is 1. The number of benzene rings is 1. The van der Waals surface area contributed by atoms with Crippen molar-refractivity contribution in [2.24, 2.45) is 5.73 Å². The van der Waals surface area contributed by atoms with Crippen molar-refractivity contribution < 1.29 is 19.4 Å². The SMILES string of the molecule is COc1ccc(C(=O)O)cc1NC(=O)[C@@H](N)CCSC. The Labute approximate surface area is 121 Å². The molecule has 0 heterocycles. The molecule has 1 aromatic carbocycles. The van der Waals surface area contributed by atoms with Gasteiger partial charge in [0.15, 0.2) is 0 Å². The smallest absolute Gasteiger partial charge is 0.335 e. The Hall–Kier alpha value is -1.73. The number of carbonyl (C=O) groups is 2. The second-order valence-electron chi connectivity index (χ2n) is 4.10. The first kappa shape index (κ1) is 16.3. The van der Waals surface area contributed by atoms with Crippen molar-refractivity contribution in [1.82, 2.24) is 0 Å². The summed E-state index contributed by atoms with van der Waals surface area (Å²) in [5, 5.41) is 11.6. The van der Waals surface area contributed by atoms with Gasteiger partial charge in [-0.25, -0.2) is 4.79 Å². The number of carboxylic acids is 1. The van der Waals surface area contributed by atoms with Crippen LogP contribution in [0.25, 0.3) is 0 Å². The van der Waals surface area contributed by atoms with Crippen molar-refractivity contribution >= 4 is 29.3 Å². The summed E-state index contributed by atoms with van der Waals surface area (Å²) in [6.45, 7) is 0. The molecule has 20 heavy (non-hydrogen) atoms. The van der Waals surface area contributed by atoms with Crippen LogP contribution in [-0.4, -0.2) is 42.1 Å². The zero-order valence-corrected chi connectivity index (χ0v) is 12.2. The molecule has 0 aliphatic rings. The van der Waals surface area contributed by atoms with E-state index in [4.69, 9.17) is 15.6 Å². The highest BCUT2D eigenvalue weighted by Gasteiger charge is 2.16. The molecule has 1 amide bonds. The number of hydrogen-bond donors (Lipinski definition) is 3. The molecular formula is C13H18N2O4S. The van der Waals surface area contributed by atoms with Crippen molar-refractivity contribution in [3.8, 4) is 5.75 Å². The van der Waals surface area contributed by atoms with E-state index >= 15 is 0 Å². The van der Waals surface area contributed by atoms with Gasteiger partial charge in [0.05, 0.1) is 24.4 Å². The van der Waals surface area contributed by atoms with Gasteiger partial charge in [-0.2, -0.15) is 11.8 Å². The zero-order chi connectivity index (χ0) is 15.1. The molecule has 4 N–H and O–H groups in total. The summed E-state index contributed by atoms with van der Waals surface area (Å²) in [6.07, 6.45) is 2.48. The number of nitrogens with one attached hydrogen (secondary N) is 1. The summed E-state index contributed by atoms with van der Waals surface area (Å²) < 4.78 is 5.09. The number of thioether (sulfide) groups is 1. The monoisotopic (exact) mass is 298 g/mol. The molecule has 1 atom stereocenters.